The number of rotatable bonds is 8. The van der Waals surface area contributed by atoms with E-state index in [-0.39, 0.29) is 18.0 Å². The van der Waals surface area contributed by atoms with Crippen LogP contribution in [0.15, 0.2) is 60.9 Å². The third-order valence-corrected chi connectivity index (χ3v) is 7.23. The first-order valence-electron chi connectivity index (χ1n) is 12.7. The average Bonchev–Trinajstić information content (AvgIpc) is 3.46. The molecule has 1 unspecified atom stereocenters. The van der Waals surface area contributed by atoms with Crippen LogP contribution in [0.25, 0.3) is 22.2 Å². The number of benzene rings is 2. The number of ketones is 1. The summed E-state index contributed by atoms with van der Waals surface area (Å²) < 4.78 is 8.31. The van der Waals surface area contributed by atoms with Crippen molar-refractivity contribution in [3.05, 3.63) is 66.6 Å². The lowest BCUT2D eigenvalue weighted by molar-refractivity contribution is -0.119. The maximum atomic E-state index is 11.9. The van der Waals surface area contributed by atoms with E-state index in [0.29, 0.717) is 12.2 Å². The third-order valence-electron chi connectivity index (χ3n) is 7.23. The molecule has 0 aliphatic carbocycles. The van der Waals surface area contributed by atoms with E-state index < -0.39 is 0 Å². The number of hydrogen-bond donors (Lipinski definition) is 1. The van der Waals surface area contributed by atoms with Gasteiger partial charge in [-0.15, -0.1) is 0 Å². The number of nitrogen functional groups attached to an aromatic ring is 1. The Bertz CT molecular complexity index is 1400. The SMILES string of the molecule is CC(=O)C[C@H](N(C)C)N1CCC(n2c(C)c(-c3ccc(Oc4ccccc4)cc3)c3c(N)ncnc32)C1. The number of nitrogens with zero attached hydrogens (tertiary/aromatic N) is 5. The largest absolute Gasteiger partial charge is 0.457 e. The van der Waals surface area contributed by atoms with Crippen LogP contribution in [-0.4, -0.2) is 63.5 Å². The van der Waals surface area contributed by atoms with Crippen molar-refractivity contribution in [3.63, 3.8) is 0 Å². The van der Waals surface area contributed by atoms with Crippen LogP contribution in [-0.2, 0) is 4.79 Å². The van der Waals surface area contributed by atoms with Gasteiger partial charge in [0.05, 0.1) is 11.6 Å². The molecule has 1 saturated heterocycles. The van der Waals surface area contributed by atoms with Gasteiger partial charge in [0.25, 0.3) is 0 Å². The molecule has 0 radical (unpaired) electrons. The highest BCUT2D eigenvalue weighted by molar-refractivity contribution is 6.02. The topological polar surface area (TPSA) is 89.5 Å². The molecule has 8 nitrogen and oxygen atoms in total. The highest BCUT2D eigenvalue weighted by Crippen LogP contribution is 2.40. The summed E-state index contributed by atoms with van der Waals surface area (Å²) in [5.41, 5.74) is 10.5. The molecule has 0 bridgehead atoms. The fourth-order valence-electron chi connectivity index (χ4n) is 5.53. The zero-order valence-electron chi connectivity index (χ0n) is 21.9. The molecular formula is C29H34N6O2. The highest BCUT2D eigenvalue weighted by Gasteiger charge is 2.33. The van der Waals surface area contributed by atoms with Gasteiger partial charge >= 0.3 is 0 Å². The minimum atomic E-state index is 0.0842. The summed E-state index contributed by atoms with van der Waals surface area (Å²) in [4.78, 5) is 25.5. The van der Waals surface area contributed by atoms with E-state index in [4.69, 9.17) is 10.5 Å². The zero-order valence-corrected chi connectivity index (χ0v) is 21.9. The normalized spacial score (nSPS) is 16.9. The van der Waals surface area contributed by atoms with Crippen molar-refractivity contribution in [1.82, 2.24) is 24.3 Å². The first-order chi connectivity index (χ1) is 17.8. The first kappa shape index (κ1) is 24.9. The monoisotopic (exact) mass is 498 g/mol. The minimum absolute atomic E-state index is 0.0842. The van der Waals surface area contributed by atoms with Gasteiger partial charge in [-0.25, -0.2) is 9.97 Å². The molecule has 2 aromatic carbocycles. The number of carbonyl (C=O) groups excluding carboxylic acids is 1. The van der Waals surface area contributed by atoms with Gasteiger partial charge in [-0.1, -0.05) is 30.3 Å². The smallest absolute Gasteiger partial charge is 0.146 e. The molecule has 0 amide bonds. The van der Waals surface area contributed by atoms with Crippen molar-refractivity contribution in [2.45, 2.75) is 38.9 Å². The van der Waals surface area contributed by atoms with Crippen molar-refractivity contribution >= 4 is 22.6 Å². The van der Waals surface area contributed by atoms with Gasteiger partial charge in [0, 0.05) is 36.8 Å². The number of ether oxygens (including phenoxy) is 1. The molecule has 37 heavy (non-hydrogen) atoms. The van der Waals surface area contributed by atoms with E-state index in [0.717, 1.165) is 58.9 Å². The van der Waals surface area contributed by atoms with Crippen LogP contribution < -0.4 is 10.5 Å². The number of carbonyl (C=O) groups is 1. The molecular weight excluding hydrogens is 464 g/mol. The predicted octanol–water partition coefficient (Wildman–Crippen LogP) is 4.89. The van der Waals surface area contributed by atoms with Crippen molar-refractivity contribution in [3.8, 4) is 22.6 Å². The van der Waals surface area contributed by atoms with Gasteiger partial charge in [-0.05, 0) is 64.2 Å². The fraction of sp³-hybridized carbons (Fsp3) is 0.345. The molecule has 5 rings (SSSR count). The van der Waals surface area contributed by atoms with Crippen LogP contribution in [0, 0.1) is 6.92 Å². The highest BCUT2D eigenvalue weighted by atomic mass is 16.5. The summed E-state index contributed by atoms with van der Waals surface area (Å²) in [5, 5.41) is 0.878. The Kier molecular flexibility index (Phi) is 6.95. The molecule has 3 heterocycles. The Hall–Kier alpha value is -3.75. The van der Waals surface area contributed by atoms with Gasteiger partial charge in [0.2, 0.25) is 0 Å². The first-order valence-corrected chi connectivity index (χ1v) is 12.7. The molecule has 2 aromatic heterocycles. The lowest BCUT2D eigenvalue weighted by Crippen LogP contribution is -2.45. The Morgan fingerprint density at radius 2 is 1.81 bits per heavy atom. The molecule has 8 heteroatoms. The third kappa shape index (κ3) is 4.95. The van der Waals surface area contributed by atoms with Crippen LogP contribution >= 0.6 is 0 Å². The summed E-state index contributed by atoms with van der Waals surface area (Å²) in [6.07, 6.45) is 3.11. The molecule has 1 fully saturated rings. The maximum Gasteiger partial charge on any atom is 0.146 e. The Morgan fingerprint density at radius 1 is 1.11 bits per heavy atom. The summed E-state index contributed by atoms with van der Waals surface area (Å²) in [6, 6.07) is 18.1. The van der Waals surface area contributed by atoms with Crippen LogP contribution in [0.2, 0.25) is 0 Å². The summed E-state index contributed by atoms with van der Waals surface area (Å²) in [7, 11) is 4.07. The van der Waals surface area contributed by atoms with E-state index in [2.05, 4.69) is 43.4 Å². The van der Waals surface area contributed by atoms with Gasteiger partial charge in [-0.3, -0.25) is 14.6 Å². The Balaban J connectivity index is 1.49. The zero-order chi connectivity index (χ0) is 26.1. The molecule has 2 atom stereocenters. The van der Waals surface area contributed by atoms with E-state index in [9.17, 15) is 4.79 Å². The van der Waals surface area contributed by atoms with Gasteiger partial charge < -0.3 is 15.0 Å². The number of anilines is 1. The van der Waals surface area contributed by atoms with E-state index in [1.54, 1.807) is 13.3 Å². The number of aromatic nitrogens is 3. The molecule has 2 N–H and O–H groups in total. The second-order valence-corrected chi connectivity index (χ2v) is 10.0. The molecule has 0 saturated carbocycles. The standard InChI is InChI=1S/C29H34N6O2/c1-19(36)16-25(33(3)4)34-15-14-22(17-34)35-20(2)26(27-28(30)31-18-32-29(27)35)21-10-12-24(13-11-21)37-23-8-6-5-7-9-23/h5-13,18,22,25H,14-17H2,1-4H3,(H2,30,31,32)/t22?,25-/m1/s1. The van der Waals surface area contributed by atoms with E-state index in [1.165, 1.54) is 0 Å². The summed E-state index contributed by atoms with van der Waals surface area (Å²) in [6.45, 7) is 5.55. The molecule has 4 aromatic rings. The molecule has 192 valence electrons. The Morgan fingerprint density at radius 3 is 2.49 bits per heavy atom. The van der Waals surface area contributed by atoms with E-state index in [1.807, 2.05) is 56.6 Å². The number of hydrogen-bond acceptors (Lipinski definition) is 7. The number of likely N-dealkylation sites (tertiary alicyclic amines) is 1. The number of fused-ring (bicyclic) bond motifs is 1. The van der Waals surface area contributed by atoms with E-state index >= 15 is 0 Å². The number of Topliss-reactive ketones (excluding diaryl/α,β-unsaturated/α-hetero) is 1. The van der Waals surface area contributed by atoms with Crippen molar-refractivity contribution in [1.29, 1.82) is 0 Å². The molecule has 0 spiro atoms. The van der Waals surface area contributed by atoms with Crippen LogP contribution in [0.4, 0.5) is 5.82 Å². The van der Waals surface area contributed by atoms with Gasteiger partial charge in [-0.2, -0.15) is 0 Å². The van der Waals surface area contributed by atoms with Crippen molar-refractivity contribution in [2.75, 3.05) is 32.9 Å². The molecule has 1 aliphatic heterocycles. The number of nitrogens with two attached hydrogens (primary N) is 1. The Labute approximate surface area is 217 Å². The molecule has 1 aliphatic rings. The minimum Gasteiger partial charge on any atom is -0.457 e. The van der Waals surface area contributed by atoms with Crippen molar-refractivity contribution < 1.29 is 9.53 Å². The second-order valence-electron chi connectivity index (χ2n) is 10.0. The maximum absolute atomic E-state index is 11.9. The lowest BCUT2D eigenvalue weighted by Gasteiger charge is -2.32. The van der Waals surface area contributed by atoms with Crippen LogP contribution in [0.3, 0.4) is 0 Å². The average molecular weight is 499 g/mol. The second kappa shape index (κ2) is 10.3. The fourth-order valence-corrected chi connectivity index (χ4v) is 5.53. The van der Waals surface area contributed by atoms with Crippen molar-refractivity contribution in [2.24, 2.45) is 0 Å². The quantitative estimate of drug-likeness (QED) is 0.370. The van der Waals surface area contributed by atoms with Crippen LogP contribution in [0.5, 0.6) is 11.5 Å². The summed E-state index contributed by atoms with van der Waals surface area (Å²) in [5.74, 6) is 2.25. The predicted molar refractivity (Wildman–Crippen MR) is 147 cm³/mol. The van der Waals surface area contributed by atoms with Gasteiger partial charge in [0.15, 0.2) is 0 Å². The van der Waals surface area contributed by atoms with Crippen LogP contribution in [0.1, 0.15) is 31.5 Å². The lowest BCUT2D eigenvalue weighted by atomic mass is 10.0. The van der Waals surface area contributed by atoms with Gasteiger partial charge in [0.1, 0.15) is 35.1 Å². The summed E-state index contributed by atoms with van der Waals surface area (Å²) >= 11 is 0. The number of para-hydroxylation sites is 1.